The topological polar surface area (TPSA) is 38.0 Å². The smallest absolute Gasteiger partial charge is 0.0438 e. The molecular weight excluding hydrogens is 312 g/mol. The lowest BCUT2D eigenvalue weighted by Gasteiger charge is -2.32. The van der Waals surface area contributed by atoms with Crippen molar-refractivity contribution in [2.24, 2.45) is 5.14 Å². The Morgan fingerprint density at radius 2 is 1.95 bits per heavy atom. The highest BCUT2D eigenvalue weighted by Crippen LogP contribution is 2.42. The fraction of sp³-hybridized carbons (Fsp3) is 0.333. The number of benzene rings is 2. The number of halogens is 1. The van der Waals surface area contributed by atoms with Crippen molar-refractivity contribution >= 4 is 23.5 Å². The van der Waals surface area contributed by atoms with Crippen LogP contribution in [0.1, 0.15) is 47.1 Å². The van der Waals surface area contributed by atoms with E-state index >= 15 is 0 Å². The zero-order valence-electron chi connectivity index (χ0n) is 12.9. The van der Waals surface area contributed by atoms with Crippen LogP contribution in [0.4, 0.5) is 0 Å². The van der Waals surface area contributed by atoms with Crippen LogP contribution in [0.25, 0.3) is 0 Å². The molecule has 0 saturated heterocycles. The molecule has 0 saturated carbocycles. The normalized spacial score (nSPS) is 20.7. The minimum Gasteiger partial charge on any atom is -0.313 e. The molecule has 2 nitrogen and oxygen atoms in total. The van der Waals surface area contributed by atoms with Crippen molar-refractivity contribution in [2.75, 3.05) is 7.05 Å². The van der Waals surface area contributed by atoms with Crippen LogP contribution in [0.2, 0.25) is 5.02 Å². The quantitative estimate of drug-likeness (QED) is 0.793. The molecule has 1 aliphatic rings. The van der Waals surface area contributed by atoms with Crippen molar-refractivity contribution in [3.63, 3.8) is 0 Å². The first-order valence-electron chi connectivity index (χ1n) is 7.58. The van der Waals surface area contributed by atoms with Gasteiger partial charge in [0, 0.05) is 21.9 Å². The Morgan fingerprint density at radius 3 is 2.64 bits per heavy atom. The minimum absolute atomic E-state index is 0.402. The third-order valence-electron chi connectivity index (χ3n) is 4.64. The second kappa shape index (κ2) is 6.63. The molecule has 3 N–H and O–H groups in total. The van der Waals surface area contributed by atoms with Gasteiger partial charge < -0.3 is 5.32 Å². The molecule has 0 fully saturated rings. The van der Waals surface area contributed by atoms with Crippen molar-refractivity contribution in [1.29, 1.82) is 0 Å². The number of fused-ring (bicyclic) bond motifs is 1. The Morgan fingerprint density at radius 1 is 1.14 bits per heavy atom. The fourth-order valence-electron chi connectivity index (χ4n) is 3.36. The maximum absolute atomic E-state index is 6.33. The number of nitrogens with one attached hydrogen (secondary N) is 1. The molecular formula is C18H21ClN2S. The van der Waals surface area contributed by atoms with Crippen LogP contribution in [0.15, 0.2) is 41.3 Å². The fourth-order valence-corrected chi connectivity index (χ4v) is 3.89. The van der Waals surface area contributed by atoms with Gasteiger partial charge in [-0.3, -0.25) is 5.14 Å². The van der Waals surface area contributed by atoms with Gasteiger partial charge in [0.25, 0.3) is 0 Å². The molecule has 3 rings (SSSR count). The monoisotopic (exact) mass is 332 g/mol. The van der Waals surface area contributed by atoms with Crippen molar-refractivity contribution in [2.45, 2.75) is 36.6 Å². The van der Waals surface area contributed by atoms with Crippen LogP contribution >= 0.6 is 23.5 Å². The number of rotatable bonds is 3. The summed E-state index contributed by atoms with van der Waals surface area (Å²) in [6.45, 7) is 2.04. The van der Waals surface area contributed by atoms with Gasteiger partial charge in [0.2, 0.25) is 0 Å². The van der Waals surface area contributed by atoms with Crippen molar-refractivity contribution < 1.29 is 0 Å². The molecule has 0 radical (unpaired) electrons. The Kier molecular flexibility index (Phi) is 4.79. The van der Waals surface area contributed by atoms with E-state index in [0.717, 1.165) is 28.3 Å². The predicted molar refractivity (Wildman–Crippen MR) is 95.6 cm³/mol. The zero-order valence-corrected chi connectivity index (χ0v) is 14.5. The molecule has 0 aliphatic heterocycles. The number of aryl methyl sites for hydroxylation is 1. The van der Waals surface area contributed by atoms with Crippen LogP contribution in [0, 0.1) is 6.92 Å². The summed E-state index contributed by atoms with van der Waals surface area (Å²) >= 11 is 7.64. The molecule has 116 valence electrons. The number of nitrogens with two attached hydrogens (primary N) is 1. The molecule has 0 spiro atoms. The molecule has 0 bridgehead atoms. The minimum atomic E-state index is 0.402. The molecule has 4 heteroatoms. The van der Waals surface area contributed by atoms with Gasteiger partial charge >= 0.3 is 0 Å². The van der Waals surface area contributed by atoms with E-state index in [1.54, 1.807) is 0 Å². The standard InChI is InChI=1S/C18H21ClN2S/c1-11-3-4-12(9-17(11)19)14-7-8-18(21-2)16-10-13(22-20)5-6-15(14)16/h3-6,9-10,14,18,21H,7-8,20H2,1-2H3/t14-,18-/m0/s1. The van der Waals surface area contributed by atoms with Gasteiger partial charge in [-0.1, -0.05) is 29.8 Å². The van der Waals surface area contributed by atoms with E-state index in [4.69, 9.17) is 16.7 Å². The van der Waals surface area contributed by atoms with E-state index in [1.165, 1.54) is 28.6 Å². The summed E-state index contributed by atoms with van der Waals surface area (Å²) in [7, 11) is 2.03. The van der Waals surface area contributed by atoms with Crippen molar-refractivity contribution in [1.82, 2.24) is 5.32 Å². The summed E-state index contributed by atoms with van der Waals surface area (Å²) in [6.07, 6.45) is 2.26. The van der Waals surface area contributed by atoms with Crippen molar-refractivity contribution in [3.05, 3.63) is 63.7 Å². The molecule has 0 unspecified atom stereocenters. The molecule has 0 aromatic heterocycles. The van der Waals surface area contributed by atoms with E-state index in [9.17, 15) is 0 Å². The summed E-state index contributed by atoms with van der Waals surface area (Å²) in [5, 5.41) is 10.0. The first-order valence-corrected chi connectivity index (χ1v) is 8.83. The van der Waals surface area contributed by atoms with Gasteiger partial charge in [-0.2, -0.15) is 0 Å². The van der Waals surface area contributed by atoms with E-state index in [1.807, 2.05) is 14.0 Å². The molecule has 2 aromatic carbocycles. The Bertz CT molecular complexity index is 687. The number of hydrogen-bond donors (Lipinski definition) is 2. The molecule has 2 aromatic rings. The SMILES string of the molecule is CN[C@H]1CC[C@@H](c2ccc(C)c(Cl)c2)c2ccc(SN)cc21. The second-order valence-electron chi connectivity index (χ2n) is 5.89. The number of hydrogen-bond acceptors (Lipinski definition) is 3. The summed E-state index contributed by atoms with van der Waals surface area (Å²) < 4.78 is 0. The maximum atomic E-state index is 6.33. The summed E-state index contributed by atoms with van der Waals surface area (Å²) in [4.78, 5) is 1.11. The van der Waals surface area contributed by atoms with E-state index in [0.29, 0.717) is 12.0 Å². The second-order valence-corrected chi connectivity index (χ2v) is 7.00. The lowest BCUT2D eigenvalue weighted by atomic mass is 9.76. The van der Waals surface area contributed by atoms with Crippen LogP contribution in [0.5, 0.6) is 0 Å². The highest BCUT2D eigenvalue weighted by Gasteiger charge is 2.27. The highest BCUT2D eigenvalue weighted by molar-refractivity contribution is 7.97. The predicted octanol–water partition coefficient (Wildman–Crippen LogP) is 4.80. The first kappa shape index (κ1) is 15.9. The third kappa shape index (κ3) is 2.91. The maximum Gasteiger partial charge on any atom is 0.0438 e. The third-order valence-corrected chi connectivity index (χ3v) is 5.57. The Labute approximate surface area is 141 Å². The van der Waals surface area contributed by atoms with Crippen LogP contribution in [0.3, 0.4) is 0 Å². The zero-order chi connectivity index (χ0) is 15.7. The van der Waals surface area contributed by atoms with Gasteiger partial charge in [0.15, 0.2) is 0 Å². The van der Waals surface area contributed by atoms with Gasteiger partial charge in [0.05, 0.1) is 0 Å². The van der Waals surface area contributed by atoms with Gasteiger partial charge in [-0.15, -0.1) is 0 Å². The highest BCUT2D eigenvalue weighted by atomic mass is 35.5. The summed E-state index contributed by atoms with van der Waals surface area (Å²) in [5.74, 6) is 0.412. The van der Waals surface area contributed by atoms with E-state index < -0.39 is 0 Å². The average Bonchev–Trinajstić information content (AvgIpc) is 2.55. The first-order chi connectivity index (χ1) is 10.6. The lowest BCUT2D eigenvalue weighted by Crippen LogP contribution is -2.24. The van der Waals surface area contributed by atoms with E-state index in [-0.39, 0.29) is 0 Å². The molecule has 1 aliphatic carbocycles. The molecule has 0 amide bonds. The summed E-state index contributed by atoms with van der Waals surface area (Å²) in [6, 6.07) is 13.4. The van der Waals surface area contributed by atoms with Crippen LogP contribution < -0.4 is 10.5 Å². The largest absolute Gasteiger partial charge is 0.313 e. The van der Waals surface area contributed by atoms with Crippen LogP contribution in [-0.4, -0.2) is 7.05 Å². The molecule has 0 heterocycles. The van der Waals surface area contributed by atoms with E-state index in [2.05, 4.69) is 41.7 Å². The Balaban J connectivity index is 2.06. The average molecular weight is 333 g/mol. The lowest BCUT2D eigenvalue weighted by molar-refractivity contribution is 0.470. The molecule has 22 heavy (non-hydrogen) atoms. The Hall–Kier alpha value is -1.00. The van der Waals surface area contributed by atoms with Crippen molar-refractivity contribution in [3.8, 4) is 0 Å². The van der Waals surface area contributed by atoms with Gasteiger partial charge in [-0.05, 0) is 79.2 Å². The van der Waals surface area contributed by atoms with Crippen LogP contribution in [-0.2, 0) is 0 Å². The van der Waals surface area contributed by atoms with Gasteiger partial charge in [-0.25, -0.2) is 0 Å². The molecule has 2 atom stereocenters. The summed E-state index contributed by atoms with van der Waals surface area (Å²) in [5.41, 5.74) is 5.19. The van der Waals surface area contributed by atoms with Gasteiger partial charge in [0.1, 0.15) is 0 Å².